The lowest BCUT2D eigenvalue weighted by Crippen LogP contribution is -2.61. The molecule has 0 unspecified atom stereocenters. The van der Waals surface area contributed by atoms with Gasteiger partial charge in [-0.3, -0.25) is 4.90 Å². The molecular formula is C25H35F2N5O2. The van der Waals surface area contributed by atoms with E-state index in [4.69, 9.17) is 9.47 Å². The van der Waals surface area contributed by atoms with Crippen LogP contribution in [0.5, 0.6) is 5.75 Å². The molecule has 3 heterocycles. The number of rotatable bonds is 6. The second-order valence-corrected chi connectivity index (χ2v) is 10.5. The number of benzene rings is 1. The first-order chi connectivity index (χ1) is 16.0. The first-order valence-electron chi connectivity index (χ1n) is 11.9. The molecule has 0 radical (unpaired) electrons. The van der Waals surface area contributed by atoms with Crippen molar-refractivity contribution in [1.82, 2.24) is 14.9 Å². The second-order valence-electron chi connectivity index (χ2n) is 10.5. The number of ether oxygens (including phenoxy) is 2. The van der Waals surface area contributed by atoms with Crippen molar-refractivity contribution in [3.63, 3.8) is 0 Å². The van der Waals surface area contributed by atoms with Gasteiger partial charge in [-0.2, -0.15) is 4.98 Å². The van der Waals surface area contributed by atoms with E-state index in [0.29, 0.717) is 18.9 Å². The summed E-state index contributed by atoms with van der Waals surface area (Å²) in [6.07, 6.45) is 4.25. The Balaban J connectivity index is 1.44. The average Bonchev–Trinajstić information content (AvgIpc) is 2.77. The molecule has 0 bridgehead atoms. The van der Waals surface area contributed by atoms with E-state index in [0.717, 1.165) is 31.9 Å². The summed E-state index contributed by atoms with van der Waals surface area (Å²) in [6, 6.07) is 4.66. The predicted octanol–water partition coefficient (Wildman–Crippen LogP) is 5.12. The Morgan fingerprint density at radius 1 is 1.06 bits per heavy atom. The maximum atomic E-state index is 14.6. The maximum absolute atomic E-state index is 14.6. The molecule has 4 rings (SSSR count). The van der Waals surface area contributed by atoms with E-state index in [1.165, 1.54) is 6.07 Å². The third kappa shape index (κ3) is 5.58. The number of anilines is 3. The molecule has 7 nitrogen and oxygen atoms in total. The zero-order valence-electron chi connectivity index (χ0n) is 20.6. The third-order valence-electron chi connectivity index (χ3n) is 7.04. The molecule has 2 fully saturated rings. The van der Waals surface area contributed by atoms with Crippen molar-refractivity contribution in [2.75, 3.05) is 30.9 Å². The fraction of sp³-hybridized carbons (Fsp3) is 0.600. The summed E-state index contributed by atoms with van der Waals surface area (Å²) in [5.74, 6) is -0.474. The summed E-state index contributed by atoms with van der Waals surface area (Å²) >= 11 is 0. The zero-order chi connectivity index (χ0) is 24.5. The Kier molecular flexibility index (Phi) is 6.96. The predicted molar refractivity (Wildman–Crippen MR) is 129 cm³/mol. The highest BCUT2D eigenvalue weighted by Crippen LogP contribution is 2.38. The van der Waals surface area contributed by atoms with Crippen LogP contribution in [0.15, 0.2) is 24.4 Å². The highest BCUT2D eigenvalue weighted by molar-refractivity contribution is 5.56. The Morgan fingerprint density at radius 3 is 2.38 bits per heavy atom. The highest BCUT2D eigenvalue weighted by atomic mass is 19.1. The Hall–Kier alpha value is -2.52. The summed E-state index contributed by atoms with van der Waals surface area (Å²) in [4.78, 5) is 10.7. The molecule has 186 valence electrons. The Labute approximate surface area is 200 Å². The van der Waals surface area contributed by atoms with Crippen LogP contribution in [0.3, 0.4) is 0 Å². The lowest BCUT2D eigenvalue weighted by Gasteiger charge is -2.53. The number of likely N-dealkylation sites (tertiary alicyclic amines) is 1. The molecule has 2 N–H and O–H groups in total. The Bertz CT molecular complexity index is 993. The second kappa shape index (κ2) is 9.62. The molecule has 9 heteroatoms. The molecular weight excluding hydrogens is 440 g/mol. The van der Waals surface area contributed by atoms with Crippen LogP contribution in [0.4, 0.5) is 26.2 Å². The average molecular weight is 476 g/mol. The van der Waals surface area contributed by atoms with E-state index in [9.17, 15) is 8.78 Å². The first-order valence-corrected chi connectivity index (χ1v) is 11.9. The van der Waals surface area contributed by atoms with E-state index < -0.39 is 11.6 Å². The monoisotopic (exact) mass is 475 g/mol. The number of hydrogen-bond acceptors (Lipinski definition) is 7. The quantitative estimate of drug-likeness (QED) is 0.601. The minimum absolute atomic E-state index is 0.0456. The number of hydrogen-bond donors (Lipinski definition) is 2. The summed E-state index contributed by atoms with van der Waals surface area (Å²) in [7, 11) is 2.13. The van der Waals surface area contributed by atoms with Gasteiger partial charge in [0.05, 0.1) is 19.4 Å². The van der Waals surface area contributed by atoms with Crippen molar-refractivity contribution in [3.8, 4) is 5.75 Å². The Morgan fingerprint density at radius 2 is 1.74 bits per heavy atom. The third-order valence-corrected chi connectivity index (χ3v) is 7.04. The fourth-order valence-corrected chi connectivity index (χ4v) is 4.97. The number of piperidine rings is 1. The van der Waals surface area contributed by atoms with Gasteiger partial charge in [0, 0.05) is 41.7 Å². The van der Waals surface area contributed by atoms with Crippen molar-refractivity contribution in [2.24, 2.45) is 0 Å². The SMILES string of the molecule is CN1C(C)(C)CC(Nc2nc(Nc3ccc(OC4CCOCC4)c(F)c3)ncc2F)CC1(C)C. The summed E-state index contributed by atoms with van der Waals surface area (Å²) in [6.45, 7) is 10.0. The largest absolute Gasteiger partial charge is 0.487 e. The highest BCUT2D eigenvalue weighted by Gasteiger charge is 2.43. The van der Waals surface area contributed by atoms with Crippen LogP contribution in [-0.4, -0.2) is 58.4 Å². The van der Waals surface area contributed by atoms with Gasteiger partial charge in [-0.25, -0.2) is 13.8 Å². The number of nitrogens with one attached hydrogen (secondary N) is 2. The molecule has 0 atom stereocenters. The minimum atomic E-state index is -0.522. The van der Waals surface area contributed by atoms with Crippen molar-refractivity contribution < 1.29 is 18.3 Å². The maximum Gasteiger partial charge on any atom is 0.229 e. The molecule has 2 saturated heterocycles. The number of aromatic nitrogens is 2. The van der Waals surface area contributed by atoms with Gasteiger partial charge in [0.1, 0.15) is 6.10 Å². The minimum Gasteiger partial charge on any atom is -0.487 e. The number of nitrogens with zero attached hydrogens (tertiary/aromatic N) is 3. The summed E-state index contributed by atoms with van der Waals surface area (Å²) in [5, 5.41) is 6.24. The molecule has 1 aromatic carbocycles. The molecule has 1 aromatic heterocycles. The van der Waals surface area contributed by atoms with E-state index in [1.807, 2.05) is 0 Å². The lowest BCUT2D eigenvalue weighted by molar-refractivity contribution is -0.00778. The van der Waals surface area contributed by atoms with Crippen molar-refractivity contribution in [1.29, 1.82) is 0 Å². The van der Waals surface area contributed by atoms with E-state index in [-0.39, 0.29) is 40.7 Å². The summed E-state index contributed by atoms with van der Waals surface area (Å²) < 4.78 is 40.3. The van der Waals surface area contributed by atoms with Crippen LogP contribution in [0.2, 0.25) is 0 Å². The zero-order valence-corrected chi connectivity index (χ0v) is 20.6. The van der Waals surface area contributed by atoms with Crippen molar-refractivity contribution in [3.05, 3.63) is 36.0 Å². The van der Waals surface area contributed by atoms with Gasteiger partial charge in [0.15, 0.2) is 23.2 Å². The standard InChI is InChI=1S/C25H35F2N5O2/c1-24(2)13-17(14-25(3,4)32(24)5)29-22-20(27)15-28-23(31-22)30-16-6-7-21(19(26)12-16)34-18-8-10-33-11-9-18/h6-7,12,15,17-18H,8-11,13-14H2,1-5H3,(H2,28,29,30,31). The van der Waals surface area contributed by atoms with E-state index >= 15 is 0 Å². The smallest absolute Gasteiger partial charge is 0.229 e. The summed E-state index contributed by atoms with van der Waals surface area (Å²) in [5.41, 5.74) is 0.363. The van der Waals surface area contributed by atoms with Gasteiger partial charge in [0.25, 0.3) is 0 Å². The van der Waals surface area contributed by atoms with Crippen molar-refractivity contribution in [2.45, 2.75) is 76.6 Å². The van der Waals surface area contributed by atoms with Crippen LogP contribution in [0.25, 0.3) is 0 Å². The lowest BCUT2D eigenvalue weighted by atomic mass is 9.77. The molecule has 2 aliphatic rings. The van der Waals surface area contributed by atoms with Gasteiger partial charge in [-0.1, -0.05) is 0 Å². The number of halogens is 2. The van der Waals surface area contributed by atoms with Gasteiger partial charge in [-0.15, -0.1) is 0 Å². The topological polar surface area (TPSA) is 71.5 Å². The van der Waals surface area contributed by atoms with Crippen LogP contribution >= 0.6 is 0 Å². The van der Waals surface area contributed by atoms with E-state index in [1.54, 1.807) is 12.1 Å². The van der Waals surface area contributed by atoms with Gasteiger partial charge in [0.2, 0.25) is 5.95 Å². The van der Waals surface area contributed by atoms with Crippen LogP contribution in [0, 0.1) is 11.6 Å². The molecule has 0 spiro atoms. The van der Waals surface area contributed by atoms with Gasteiger partial charge >= 0.3 is 0 Å². The van der Waals surface area contributed by atoms with Crippen LogP contribution in [-0.2, 0) is 4.74 Å². The van der Waals surface area contributed by atoms with Crippen molar-refractivity contribution >= 4 is 17.5 Å². The molecule has 0 aliphatic carbocycles. The molecule has 2 aliphatic heterocycles. The molecule has 34 heavy (non-hydrogen) atoms. The van der Waals surface area contributed by atoms with Gasteiger partial charge < -0.3 is 20.1 Å². The van der Waals surface area contributed by atoms with Gasteiger partial charge in [-0.05, 0) is 59.7 Å². The van der Waals surface area contributed by atoms with Crippen LogP contribution < -0.4 is 15.4 Å². The fourth-order valence-electron chi connectivity index (χ4n) is 4.97. The normalized spacial score (nSPS) is 21.3. The first kappa shape index (κ1) is 24.6. The molecule has 0 amide bonds. The molecule has 2 aromatic rings. The van der Waals surface area contributed by atoms with E-state index in [2.05, 4.69) is 60.2 Å². The van der Waals surface area contributed by atoms with Crippen LogP contribution in [0.1, 0.15) is 53.4 Å². The molecule has 0 saturated carbocycles.